The summed E-state index contributed by atoms with van der Waals surface area (Å²) in [6, 6.07) is 6.20. The Kier molecular flexibility index (Phi) is 3.30. The molecule has 2 rings (SSSR count). The maximum atomic E-state index is 11.7. The van der Waals surface area contributed by atoms with Crippen molar-refractivity contribution >= 4 is 35.1 Å². The topological polar surface area (TPSA) is 83.7 Å². The third-order valence-corrected chi connectivity index (χ3v) is 3.07. The van der Waals surface area contributed by atoms with Crippen molar-refractivity contribution in [2.75, 3.05) is 7.05 Å². The van der Waals surface area contributed by atoms with Crippen LogP contribution in [0, 0.1) is 0 Å². The van der Waals surface area contributed by atoms with Crippen molar-refractivity contribution < 1.29 is 14.4 Å². The minimum absolute atomic E-state index is 0.0470. The number of urea groups is 1. The molecule has 1 heterocycles. The van der Waals surface area contributed by atoms with Gasteiger partial charge in [-0.25, -0.2) is 4.79 Å². The first-order valence-electron chi connectivity index (χ1n) is 5.44. The number of nitrogens with zero attached hydrogens (tertiary/aromatic N) is 2. The molecule has 0 spiro atoms. The molecule has 0 unspecified atom stereocenters. The van der Waals surface area contributed by atoms with E-state index in [2.05, 4.69) is 0 Å². The van der Waals surface area contributed by atoms with Crippen LogP contribution in [-0.2, 0) is 16.1 Å². The number of imide groups is 2. The van der Waals surface area contributed by atoms with E-state index >= 15 is 0 Å². The van der Waals surface area contributed by atoms with E-state index in [1.165, 1.54) is 7.05 Å². The zero-order chi connectivity index (χ0) is 14.2. The van der Waals surface area contributed by atoms with Crippen molar-refractivity contribution in [3.63, 3.8) is 0 Å². The lowest BCUT2D eigenvalue weighted by molar-refractivity contribution is -0.143. The van der Waals surface area contributed by atoms with Gasteiger partial charge in [-0.3, -0.25) is 19.4 Å². The van der Waals surface area contributed by atoms with Gasteiger partial charge in [0.15, 0.2) is 0 Å². The fraction of sp³-hybridized carbons (Fsp3) is 0.167. The van der Waals surface area contributed by atoms with Gasteiger partial charge in [-0.05, 0) is 5.56 Å². The monoisotopic (exact) mass is 277 g/mol. The highest BCUT2D eigenvalue weighted by atomic mass is 32.1. The summed E-state index contributed by atoms with van der Waals surface area (Å²) < 4.78 is 0. The van der Waals surface area contributed by atoms with Crippen molar-refractivity contribution in [1.82, 2.24) is 9.80 Å². The summed E-state index contributed by atoms with van der Waals surface area (Å²) in [5.74, 6) is -1.63. The number of likely N-dealkylation sites (N-methyl/N-ethyl adjacent to an activating group) is 1. The zero-order valence-electron chi connectivity index (χ0n) is 10.1. The second kappa shape index (κ2) is 4.77. The van der Waals surface area contributed by atoms with Gasteiger partial charge >= 0.3 is 17.8 Å². The number of carbonyl (C=O) groups excluding carboxylic acids is 3. The summed E-state index contributed by atoms with van der Waals surface area (Å²) in [7, 11) is 1.28. The molecular weight excluding hydrogens is 266 g/mol. The number of rotatable bonds is 3. The number of hydrogen-bond acceptors (Lipinski definition) is 4. The molecule has 2 N–H and O–H groups in total. The first-order valence-corrected chi connectivity index (χ1v) is 5.85. The van der Waals surface area contributed by atoms with E-state index in [0.29, 0.717) is 11.1 Å². The van der Waals surface area contributed by atoms with E-state index in [4.69, 9.17) is 18.0 Å². The number of nitrogens with two attached hydrogens (primary N) is 1. The SMILES string of the molecule is CN1C(=O)C(=O)N(Cc2ccc(C(N)=S)cc2)C1=O. The Morgan fingerprint density at radius 1 is 1.16 bits per heavy atom. The van der Waals surface area contributed by atoms with Crippen LogP contribution < -0.4 is 5.73 Å². The molecule has 1 aliphatic rings. The van der Waals surface area contributed by atoms with Gasteiger partial charge in [-0.1, -0.05) is 36.5 Å². The Labute approximate surface area is 114 Å². The highest BCUT2D eigenvalue weighted by Gasteiger charge is 2.41. The molecule has 1 aliphatic heterocycles. The molecule has 6 nitrogen and oxygen atoms in total. The average molecular weight is 277 g/mol. The summed E-state index contributed by atoms with van der Waals surface area (Å²) in [6.45, 7) is 0.0470. The molecule has 0 aromatic heterocycles. The number of hydrogen-bond donors (Lipinski definition) is 1. The molecule has 4 amide bonds. The molecular formula is C12H11N3O3S. The number of carbonyl (C=O) groups is 3. The predicted octanol–water partition coefficient (Wildman–Crippen LogP) is 0.241. The van der Waals surface area contributed by atoms with Crippen LogP contribution in [0.25, 0.3) is 0 Å². The Morgan fingerprint density at radius 2 is 1.74 bits per heavy atom. The molecule has 19 heavy (non-hydrogen) atoms. The molecule has 0 aliphatic carbocycles. The van der Waals surface area contributed by atoms with Crippen molar-refractivity contribution in [2.45, 2.75) is 6.54 Å². The standard InChI is InChI=1S/C12H11N3O3S/c1-14-10(16)11(17)15(12(14)18)6-7-2-4-8(5-3-7)9(13)19/h2-5H,6H2,1H3,(H2,13,19). The van der Waals surface area contributed by atoms with E-state index in [-0.39, 0.29) is 11.5 Å². The molecule has 1 fully saturated rings. The highest BCUT2D eigenvalue weighted by molar-refractivity contribution is 7.80. The van der Waals surface area contributed by atoms with Crippen LogP contribution in [0.2, 0.25) is 0 Å². The fourth-order valence-electron chi connectivity index (χ4n) is 1.71. The second-order valence-electron chi connectivity index (χ2n) is 4.10. The first-order chi connectivity index (χ1) is 8.91. The first kappa shape index (κ1) is 13.2. The second-order valence-corrected chi connectivity index (χ2v) is 4.54. The van der Waals surface area contributed by atoms with Gasteiger partial charge < -0.3 is 5.73 Å². The van der Waals surface area contributed by atoms with Crippen molar-refractivity contribution in [2.24, 2.45) is 5.73 Å². The van der Waals surface area contributed by atoms with Gasteiger partial charge in [-0.15, -0.1) is 0 Å². The Hall–Kier alpha value is -2.28. The van der Waals surface area contributed by atoms with Crippen LogP contribution in [0.1, 0.15) is 11.1 Å². The molecule has 0 saturated carbocycles. The molecule has 0 atom stereocenters. The maximum Gasteiger partial charge on any atom is 0.334 e. The summed E-state index contributed by atoms with van der Waals surface area (Å²) in [4.78, 5) is 36.6. The quantitative estimate of drug-likeness (QED) is 0.486. The van der Waals surface area contributed by atoms with Crippen molar-refractivity contribution in [3.8, 4) is 0 Å². The van der Waals surface area contributed by atoms with E-state index in [9.17, 15) is 14.4 Å². The third kappa shape index (κ3) is 2.32. The zero-order valence-corrected chi connectivity index (χ0v) is 10.9. The van der Waals surface area contributed by atoms with Gasteiger partial charge in [0.2, 0.25) is 0 Å². The minimum Gasteiger partial charge on any atom is -0.389 e. The van der Waals surface area contributed by atoms with Crippen LogP contribution in [0.15, 0.2) is 24.3 Å². The lowest BCUT2D eigenvalue weighted by atomic mass is 10.1. The average Bonchev–Trinajstić information content (AvgIpc) is 2.57. The van der Waals surface area contributed by atoms with Crippen LogP contribution in [0.3, 0.4) is 0 Å². The molecule has 0 bridgehead atoms. The van der Waals surface area contributed by atoms with Gasteiger partial charge in [0.05, 0.1) is 6.54 Å². The van der Waals surface area contributed by atoms with Crippen molar-refractivity contribution in [3.05, 3.63) is 35.4 Å². The molecule has 98 valence electrons. The summed E-state index contributed by atoms with van der Waals surface area (Å²) in [5.41, 5.74) is 6.88. The van der Waals surface area contributed by atoms with Gasteiger partial charge in [-0.2, -0.15) is 0 Å². The summed E-state index contributed by atoms with van der Waals surface area (Å²) in [6.07, 6.45) is 0. The van der Waals surface area contributed by atoms with E-state index < -0.39 is 17.8 Å². The van der Waals surface area contributed by atoms with E-state index in [1.54, 1.807) is 24.3 Å². The maximum absolute atomic E-state index is 11.7. The molecule has 0 radical (unpaired) electrons. The van der Waals surface area contributed by atoms with Crippen LogP contribution >= 0.6 is 12.2 Å². The van der Waals surface area contributed by atoms with Crippen molar-refractivity contribution in [1.29, 1.82) is 0 Å². The molecule has 1 aromatic rings. The van der Waals surface area contributed by atoms with E-state index in [0.717, 1.165) is 9.80 Å². The Balaban J connectivity index is 2.18. The lowest BCUT2D eigenvalue weighted by Gasteiger charge is -2.13. The summed E-state index contributed by atoms with van der Waals surface area (Å²) >= 11 is 4.82. The number of thiocarbonyl (C=S) groups is 1. The lowest BCUT2D eigenvalue weighted by Crippen LogP contribution is -2.31. The number of benzene rings is 1. The highest BCUT2D eigenvalue weighted by Crippen LogP contribution is 2.14. The van der Waals surface area contributed by atoms with Crippen LogP contribution in [-0.4, -0.2) is 39.7 Å². The summed E-state index contributed by atoms with van der Waals surface area (Å²) in [5, 5.41) is 0. The van der Waals surface area contributed by atoms with Gasteiger partial charge in [0, 0.05) is 12.6 Å². The van der Waals surface area contributed by atoms with Crippen LogP contribution in [0.4, 0.5) is 4.79 Å². The third-order valence-electron chi connectivity index (χ3n) is 2.83. The Bertz CT molecular complexity index is 582. The Morgan fingerprint density at radius 3 is 2.16 bits per heavy atom. The number of amides is 4. The molecule has 7 heteroatoms. The predicted molar refractivity (Wildman–Crippen MR) is 71.0 cm³/mol. The van der Waals surface area contributed by atoms with Crippen LogP contribution in [0.5, 0.6) is 0 Å². The normalized spacial score (nSPS) is 15.3. The van der Waals surface area contributed by atoms with Gasteiger partial charge in [0.1, 0.15) is 4.99 Å². The smallest absolute Gasteiger partial charge is 0.334 e. The molecule has 1 saturated heterocycles. The fourth-order valence-corrected chi connectivity index (χ4v) is 1.85. The largest absolute Gasteiger partial charge is 0.389 e. The van der Waals surface area contributed by atoms with E-state index in [1.807, 2.05) is 0 Å². The molecule has 1 aromatic carbocycles. The minimum atomic E-state index is -0.815. The van der Waals surface area contributed by atoms with Gasteiger partial charge in [0.25, 0.3) is 0 Å².